The summed E-state index contributed by atoms with van der Waals surface area (Å²) in [6, 6.07) is 7.78. The molecule has 1 aromatic rings. The number of ether oxygens (including phenoxy) is 2. The third-order valence-corrected chi connectivity index (χ3v) is 5.76. The summed E-state index contributed by atoms with van der Waals surface area (Å²) in [5.74, 6) is 1.33. The molecule has 8 nitrogen and oxygen atoms in total. The van der Waals surface area contributed by atoms with Gasteiger partial charge in [0.15, 0.2) is 5.96 Å². The first kappa shape index (κ1) is 25.9. The maximum Gasteiger partial charge on any atom is 0.213 e. The summed E-state index contributed by atoms with van der Waals surface area (Å²) < 4.78 is 38.1. The van der Waals surface area contributed by atoms with Crippen molar-refractivity contribution in [3.63, 3.8) is 0 Å². The van der Waals surface area contributed by atoms with Crippen LogP contribution in [0.5, 0.6) is 5.75 Å². The van der Waals surface area contributed by atoms with Gasteiger partial charge in [-0.05, 0) is 32.3 Å². The number of nitrogens with one attached hydrogen (secondary N) is 3. The predicted molar refractivity (Wildman–Crippen MR) is 127 cm³/mol. The molecule has 166 valence electrons. The van der Waals surface area contributed by atoms with Crippen LogP contribution in [0.25, 0.3) is 0 Å². The predicted octanol–water partition coefficient (Wildman–Crippen LogP) is 1.86. The first-order valence-electron chi connectivity index (χ1n) is 9.78. The van der Waals surface area contributed by atoms with E-state index in [9.17, 15) is 8.42 Å². The van der Waals surface area contributed by atoms with Crippen LogP contribution in [0.3, 0.4) is 0 Å². The number of hydrogen-bond acceptors (Lipinski definition) is 5. The van der Waals surface area contributed by atoms with Crippen LogP contribution in [-0.4, -0.2) is 59.6 Å². The van der Waals surface area contributed by atoms with E-state index in [2.05, 4.69) is 20.3 Å². The van der Waals surface area contributed by atoms with Crippen molar-refractivity contribution in [1.82, 2.24) is 15.4 Å². The van der Waals surface area contributed by atoms with E-state index in [0.717, 1.165) is 30.6 Å². The number of benzene rings is 1. The van der Waals surface area contributed by atoms with Crippen LogP contribution in [0.2, 0.25) is 0 Å². The van der Waals surface area contributed by atoms with Crippen molar-refractivity contribution in [2.75, 3.05) is 39.1 Å². The minimum absolute atomic E-state index is 0. The lowest BCUT2D eigenvalue weighted by atomic mass is 10.1. The molecule has 1 atom stereocenters. The van der Waals surface area contributed by atoms with E-state index >= 15 is 0 Å². The van der Waals surface area contributed by atoms with Gasteiger partial charge >= 0.3 is 0 Å². The molecule has 29 heavy (non-hydrogen) atoms. The van der Waals surface area contributed by atoms with Gasteiger partial charge in [0.25, 0.3) is 0 Å². The van der Waals surface area contributed by atoms with Gasteiger partial charge in [0.2, 0.25) is 10.0 Å². The largest absolute Gasteiger partial charge is 0.494 e. The first-order chi connectivity index (χ1) is 13.5. The molecule has 0 aromatic heterocycles. The van der Waals surface area contributed by atoms with Gasteiger partial charge in [-0.15, -0.1) is 24.0 Å². The number of sulfonamides is 1. The van der Waals surface area contributed by atoms with Crippen molar-refractivity contribution < 1.29 is 17.9 Å². The van der Waals surface area contributed by atoms with Crippen LogP contribution in [0, 0.1) is 0 Å². The van der Waals surface area contributed by atoms with Crippen molar-refractivity contribution in [2.45, 2.75) is 38.8 Å². The molecule has 0 spiro atoms. The zero-order valence-corrected chi connectivity index (χ0v) is 20.3. The molecule has 0 radical (unpaired) electrons. The Labute approximate surface area is 191 Å². The number of guanidine groups is 1. The molecule has 0 aliphatic carbocycles. The Bertz CT molecular complexity index is 725. The van der Waals surface area contributed by atoms with Crippen molar-refractivity contribution in [3.8, 4) is 5.75 Å². The maximum absolute atomic E-state index is 12.2. The molecule has 0 bridgehead atoms. The monoisotopic (exact) mass is 540 g/mol. The topological polar surface area (TPSA) is 101 Å². The molecular formula is C19H33IN4O4S. The molecule has 1 aromatic carbocycles. The maximum atomic E-state index is 12.2. The zero-order chi connectivity index (χ0) is 20.2. The highest BCUT2D eigenvalue weighted by Crippen LogP contribution is 2.17. The van der Waals surface area contributed by atoms with E-state index in [0.29, 0.717) is 32.3 Å². The highest BCUT2D eigenvalue weighted by molar-refractivity contribution is 14.0. The van der Waals surface area contributed by atoms with Crippen molar-refractivity contribution >= 4 is 40.0 Å². The van der Waals surface area contributed by atoms with Gasteiger partial charge in [-0.25, -0.2) is 13.1 Å². The lowest BCUT2D eigenvalue weighted by Gasteiger charge is -2.22. The van der Waals surface area contributed by atoms with Gasteiger partial charge in [-0.2, -0.15) is 0 Å². The Morgan fingerprint density at radius 2 is 2.07 bits per heavy atom. The number of para-hydroxylation sites is 1. The Morgan fingerprint density at radius 1 is 1.28 bits per heavy atom. The normalized spacial score (nSPS) is 17.3. The molecule has 1 aliphatic rings. The Hall–Kier alpha value is -1.11. The lowest BCUT2D eigenvalue weighted by Crippen LogP contribution is -2.42. The number of hydrogen-bond donors (Lipinski definition) is 3. The Kier molecular flexibility index (Phi) is 12.5. The molecule has 2 rings (SSSR count). The quantitative estimate of drug-likeness (QED) is 0.238. The summed E-state index contributed by atoms with van der Waals surface area (Å²) in [6.45, 7) is 4.37. The Morgan fingerprint density at radius 3 is 2.76 bits per heavy atom. The molecule has 1 saturated heterocycles. The molecule has 10 heteroatoms. The van der Waals surface area contributed by atoms with Crippen molar-refractivity contribution in [3.05, 3.63) is 29.8 Å². The molecular weight excluding hydrogens is 507 g/mol. The molecule has 3 N–H and O–H groups in total. The van der Waals surface area contributed by atoms with E-state index in [-0.39, 0.29) is 42.4 Å². The number of rotatable bonds is 10. The SMILES string of the molecule is CCOc1ccccc1CNC(=NC)NCCS(=O)(=O)NCC1CCCCO1.I. The first-order valence-corrected chi connectivity index (χ1v) is 11.4. The highest BCUT2D eigenvalue weighted by Gasteiger charge is 2.17. The van der Waals surface area contributed by atoms with Crippen LogP contribution in [-0.2, 0) is 21.3 Å². The summed E-state index contributed by atoms with van der Waals surface area (Å²) in [5, 5.41) is 6.21. The third kappa shape index (κ3) is 9.96. The van der Waals surface area contributed by atoms with Crippen LogP contribution in [0.1, 0.15) is 31.7 Å². The second kappa shape index (κ2) is 14.0. The number of halogens is 1. The molecule has 0 amide bonds. The van der Waals surface area contributed by atoms with E-state index in [1.54, 1.807) is 7.05 Å². The van der Waals surface area contributed by atoms with Crippen LogP contribution >= 0.6 is 24.0 Å². The fourth-order valence-corrected chi connectivity index (χ4v) is 3.86. The number of aliphatic imine (C=N–C) groups is 1. The zero-order valence-electron chi connectivity index (χ0n) is 17.1. The minimum atomic E-state index is -3.36. The average Bonchev–Trinajstić information content (AvgIpc) is 2.71. The average molecular weight is 540 g/mol. The molecule has 1 fully saturated rings. The van der Waals surface area contributed by atoms with E-state index in [1.165, 1.54) is 0 Å². The summed E-state index contributed by atoms with van der Waals surface area (Å²) >= 11 is 0. The van der Waals surface area contributed by atoms with Crippen LogP contribution < -0.4 is 20.1 Å². The van der Waals surface area contributed by atoms with Crippen LogP contribution in [0.15, 0.2) is 29.3 Å². The van der Waals surface area contributed by atoms with Gasteiger partial charge in [0, 0.05) is 38.9 Å². The van der Waals surface area contributed by atoms with Gasteiger partial charge < -0.3 is 20.1 Å². The van der Waals surface area contributed by atoms with E-state index in [4.69, 9.17) is 9.47 Å². The van der Waals surface area contributed by atoms with Gasteiger partial charge in [-0.3, -0.25) is 4.99 Å². The fraction of sp³-hybridized carbons (Fsp3) is 0.632. The number of nitrogens with zero attached hydrogens (tertiary/aromatic N) is 1. The van der Waals surface area contributed by atoms with E-state index < -0.39 is 10.0 Å². The second-order valence-electron chi connectivity index (χ2n) is 6.55. The van der Waals surface area contributed by atoms with Gasteiger partial charge in [0.1, 0.15) is 5.75 Å². The summed E-state index contributed by atoms with van der Waals surface area (Å²) in [7, 11) is -1.71. The molecule has 1 unspecified atom stereocenters. The third-order valence-electron chi connectivity index (χ3n) is 4.41. The second-order valence-corrected chi connectivity index (χ2v) is 8.48. The van der Waals surface area contributed by atoms with Gasteiger partial charge in [-0.1, -0.05) is 18.2 Å². The summed E-state index contributed by atoms with van der Waals surface area (Å²) in [4.78, 5) is 4.14. The fourth-order valence-electron chi connectivity index (χ4n) is 2.91. The highest BCUT2D eigenvalue weighted by atomic mass is 127. The van der Waals surface area contributed by atoms with E-state index in [1.807, 2.05) is 31.2 Å². The minimum Gasteiger partial charge on any atom is -0.494 e. The van der Waals surface area contributed by atoms with Crippen LogP contribution in [0.4, 0.5) is 0 Å². The Balaban J connectivity index is 0.00000420. The summed E-state index contributed by atoms with van der Waals surface area (Å²) in [6.07, 6.45) is 3.02. The molecule has 1 aliphatic heterocycles. The standard InChI is InChI=1S/C19H32N4O4S.HI/c1-3-26-18-10-5-4-8-16(18)14-22-19(20-2)21-11-13-28(24,25)23-15-17-9-6-7-12-27-17;/h4-5,8,10,17,23H,3,6-7,9,11-15H2,1-2H3,(H2,20,21,22);1H. The smallest absolute Gasteiger partial charge is 0.213 e. The summed E-state index contributed by atoms with van der Waals surface area (Å²) in [5.41, 5.74) is 1.01. The molecule has 1 heterocycles. The van der Waals surface area contributed by atoms with Crippen molar-refractivity contribution in [1.29, 1.82) is 0 Å². The molecule has 0 saturated carbocycles. The van der Waals surface area contributed by atoms with Crippen molar-refractivity contribution in [2.24, 2.45) is 4.99 Å². The lowest BCUT2D eigenvalue weighted by molar-refractivity contribution is 0.0200. The van der Waals surface area contributed by atoms with Gasteiger partial charge in [0.05, 0.1) is 18.5 Å².